The van der Waals surface area contributed by atoms with Crippen molar-refractivity contribution in [3.63, 3.8) is 0 Å². The Labute approximate surface area is 122 Å². The number of benzene rings is 1. The van der Waals surface area contributed by atoms with Gasteiger partial charge in [-0.1, -0.05) is 47.3 Å². The fourth-order valence-corrected chi connectivity index (χ4v) is 3.39. The van der Waals surface area contributed by atoms with E-state index in [0.29, 0.717) is 6.61 Å². The number of halogens is 1. The van der Waals surface area contributed by atoms with E-state index in [4.69, 9.17) is 4.74 Å². The molecule has 1 aliphatic carbocycles. The van der Waals surface area contributed by atoms with Crippen LogP contribution in [-0.2, 0) is 21.6 Å². The normalized spacial score (nSPS) is 18.2. The van der Waals surface area contributed by atoms with Crippen molar-refractivity contribution in [2.75, 3.05) is 7.11 Å². The summed E-state index contributed by atoms with van der Waals surface area (Å²) < 4.78 is 6.05. The van der Waals surface area contributed by atoms with Crippen LogP contribution >= 0.6 is 15.9 Å². The number of aliphatic carboxylic acids is 1. The van der Waals surface area contributed by atoms with Crippen molar-refractivity contribution in [2.45, 2.75) is 44.1 Å². The first-order valence-corrected chi connectivity index (χ1v) is 7.41. The van der Waals surface area contributed by atoms with Crippen molar-refractivity contribution in [3.05, 3.63) is 33.8 Å². The van der Waals surface area contributed by atoms with Crippen molar-refractivity contribution < 1.29 is 14.6 Å². The Kier molecular flexibility index (Phi) is 4.63. The lowest BCUT2D eigenvalue weighted by Gasteiger charge is -2.34. The highest BCUT2D eigenvalue weighted by atomic mass is 79.9. The molecule has 0 heterocycles. The average molecular weight is 327 g/mol. The van der Waals surface area contributed by atoms with Gasteiger partial charge in [0.05, 0.1) is 12.0 Å². The van der Waals surface area contributed by atoms with Gasteiger partial charge in [-0.2, -0.15) is 0 Å². The molecule has 0 atom stereocenters. The van der Waals surface area contributed by atoms with Gasteiger partial charge in [0, 0.05) is 11.6 Å². The molecule has 1 aliphatic rings. The average Bonchev–Trinajstić information content (AvgIpc) is 2.42. The van der Waals surface area contributed by atoms with Gasteiger partial charge in [-0.05, 0) is 30.0 Å². The minimum Gasteiger partial charge on any atom is -0.481 e. The van der Waals surface area contributed by atoms with Crippen LogP contribution in [0.3, 0.4) is 0 Å². The highest BCUT2D eigenvalue weighted by Crippen LogP contribution is 2.41. The van der Waals surface area contributed by atoms with Gasteiger partial charge >= 0.3 is 5.97 Å². The van der Waals surface area contributed by atoms with Crippen LogP contribution < -0.4 is 0 Å². The first-order chi connectivity index (χ1) is 9.10. The van der Waals surface area contributed by atoms with Crippen molar-refractivity contribution in [3.8, 4) is 0 Å². The number of rotatable bonds is 4. The summed E-state index contributed by atoms with van der Waals surface area (Å²) in [4.78, 5) is 11.8. The summed E-state index contributed by atoms with van der Waals surface area (Å²) >= 11 is 3.52. The van der Waals surface area contributed by atoms with E-state index in [9.17, 15) is 9.90 Å². The summed E-state index contributed by atoms with van der Waals surface area (Å²) in [5.74, 6) is -0.696. The van der Waals surface area contributed by atoms with Gasteiger partial charge in [-0.3, -0.25) is 4.79 Å². The fourth-order valence-electron chi connectivity index (χ4n) is 2.90. The number of carboxylic acid groups (broad SMARTS) is 1. The molecule has 2 rings (SSSR count). The molecule has 0 saturated heterocycles. The molecule has 0 aromatic heterocycles. The number of hydrogen-bond donors (Lipinski definition) is 1. The van der Waals surface area contributed by atoms with Gasteiger partial charge in [0.1, 0.15) is 0 Å². The molecule has 0 radical (unpaired) electrons. The summed E-state index contributed by atoms with van der Waals surface area (Å²) in [6, 6.07) is 5.86. The van der Waals surface area contributed by atoms with Crippen LogP contribution in [0.15, 0.2) is 22.7 Å². The summed E-state index contributed by atoms with van der Waals surface area (Å²) in [6.07, 6.45) is 4.59. The number of ether oxygens (including phenoxy) is 1. The van der Waals surface area contributed by atoms with E-state index in [2.05, 4.69) is 15.9 Å². The van der Waals surface area contributed by atoms with Crippen LogP contribution in [0, 0.1) is 0 Å². The molecule has 0 spiro atoms. The van der Waals surface area contributed by atoms with Gasteiger partial charge in [0.25, 0.3) is 0 Å². The topological polar surface area (TPSA) is 46.5 Å². The smallest absolute Gasteiger partial charge is 0.314 e. The molecule has 1 aromatic carbocycles. The van der Waals surface area contributed by atoms with Crippen LogP contribution in [-0.4, -0.2) is 18.2 Å². The first kappa shape index (κ1) is 14.5. The third kappa shape index (κ3) is 2.84. The second-order valence-electron chi connectivity index (χ2n) is 5.19. The van der Waals surface area contributed by atoms with Crippen LogP contribution in [0.5, 0.6) is 0 Å². The number of hydrogen-bond acceptors (Lipinski definition) is 2. The Morgan fingerprint density at radius 1 is 1.37 bits per heavy atom. The van der Waals surface area contributed by atoms with Gasteiger partial charge in [-0.25, -0.2) is 0 Å². The molecular formula is C15H19BrO3. The molecule has 0 amide bonds. The Morgan fingerprint density at radius 2 is 2.05 bits per heavy atom. The Hall–Kier alpha value is -0.870. The zero-order valence-corrected chi connectivity index (χ0v) is 12.7. The quantitative estimate of drug-likeness (QED) is 0.913. The standard InChI is InChI=1S/C15H19BrO3/c1-19-10-11-5-6-12(9-13(11)16)15(14(17)18)7-3-2-4-8-15/h5-6,9H,2-4,7-8,10H2,1H3,(H,17,18). The van der Waals surface area contributed by atoms with E-state index in [1.54, 1.807) is 7.11 Å². The maximum Gasteiger partial charge on any atom is 0.314 e. The predicted octanol–water partition coefficient (Wildman–Crippen LogP) is 3.88. The SMILES string of the molecule is COCc1ccc(C2(C(=O)O)CCCCC2)cc1Br. The number of carbonyl (C=O) groups is 1. The zero-order valence-electron chi connectivity index (χ0n) is 11.1. The molecule has 1 fully saturated rings. The molecule has 1 aromatic rings. The Bertz CT molecular complexity index is 464. The van der Waals surface area contributed by atoms with Crippen molar-refractivity contribution in [1.29, 1.82) is 0 Å². The summed E-state index contributed by atoms with van der Waals surface area (Å²) in [5.41, 5.74) is 1.25. The van der Waals surface area contributed by atoms with Crippen molar-refractivity contribution >= 4 is 21.9 Å². The van der Waals surface area contributed by atoms with E-state index in [0.717, 1.165) is 47.7 Å². The van der Waals surface area contributed by atoms with Gasteiger partial charge in [0.15, 0.2) is 0 Å². The zero-order chi connectivity index (χ0) is 13.9. The number of carboxylic acids is 1. The van der Waals surface area contributed by atoms with E-state index in [-0.39, 0.29) is 0 Å². The van der Waals surface area contributed by atoms with E-state index >= 15 is 0 Å². The van der Waals surface area contributed by atoms with Crippen LogP contribution in [0.4, 0.5) is 0 Å². The van der Waals surface area contributed by atoms with Crippen molar-refractivity contribution in [1.82, 2.24) is 0 Å². The van der Waals surface area contributed by atoms with Crippen LogP contribution in [0.25, 0.3) is 0 Å². The second kappa shape index (κ2) is 6.06. The third-order valence-electron chi connectivity index (χ3n) is 4.02. The van der Waals surface area contributed by atoms with Gasteiger partial charge in [-0.15, -0.1) is 0 Å². The lowest BCUT2D eigenvalue weighted by atomic mass is 9.69. The molecule has 104 valence electrons. The predicted molar refractivity (Wildman–Crippen MR) is 77.3 cm³/mol. The van der Waals surface area contributed by atoms with Gasteiger partial charge < -0.3 is 9.84 Å². The largest absolute Gasteiger partial charge is 0.481 e. The lowest BCUT2D eigenvalue weighted by Crippen LogP contribution is -2.37. The number of methoxy groups -OCH3 is 1. The fraction of sp³-hybridized carbons (Fsp3) is 0.533. The van der Waals surface area contributed by atoms with E-state index in [1.165, 1.54) is 0 Å². The second-order valence-corrected chi connectivity index (χ2v) is 6.04. The van der Waals surface area contributed by atoms with E-state index in [1.807, 2.05) is 18.2 Å². The molecular weight excluding hydrogens is 308 g/mol. The minimum absolute atomic E-state index is 0.529. The van der Waals surface area contributed by atoms with E-state index < -0.39 is 11.4 Å². The summed E-state index contributed by atoms with van der Waals surface area (Å²) in [5, 5.41) is 9.67. The van der Waals surface area contributed by atoms with Crippen LogP contribution in [0.2, 0.25) is 0 Å². The summed E-state index contributed by atoms with van der Waals surface area (Å²) in [6.45, 7) is 0.529. The molecule has 1 saturated carbocycles. The third-order valence-corrected chi connectivity index (χ3v) is 4.76. The van der Waals surface area contributed by atoms with Crippen molar-refractivity contribution in [2.24, 2.45) is 0 Å². The monoisotopic (exact) mass is 326 g/mol. The van der Waals surface area contributed by atoms with Crippen LogP contribution in [0.1, 0.15) is 43.2 Å². The molecule has 3 nitrogen and oxygen atoms in total. The molecule has 19 heavy (non-hydrogen) atoms. The highest BCUT2D eigenvalue weighted by molar-refractivity contribution is 9.10. The minimum atomic E-state index is -0.702. The molecule has 0 bridgehead atoms. The maximum atomic E-state index is 11.8. The molecule has 4 heteroatoms. The highest BCUT2D eigenvalue weighted by Gasteiger charge is 2.41. The first-order valence-electron chi connectivity index (χ1n) is 6.61. The Morgan fingerprint density at radius 3 is 2.58 bits per heavy atom. The molecule has 1 N–H and O–H groups in total. The van der Waals surface area contributed by atoms with Gasteiger partial charge in [0.2, 0.25) is 0 Å². The molecule has 0 unspecified atom stereocenters. The lowest BCUT2D eigenvalue weighted by molar-refractivity contribution is -0.145. The summed E-state index contributed by atoms with van der Waals surface area (Å²) in [7, 11) is 1.65. The Balaban J connectivity index is 2.37. The molecule has 0 aliphatic heterocycles. The maximum absolute atomic E-state index is 11.8.